The predicted molar refractivity (Wildman–Crippen MR) is 78.3 cm³/mol. The summed E-state index contributed by atoms with van der Waals surface area (Å²) < 4.78 is 5.70. The Morgan fingerprint density at radius 3 is 2.50 bits per heavy atom. The van der Waals surface area contributed by atoms with Crippen molar-refractivity contribution in [3.63, 3.8) is 0 Å². The quantitative estimate of drug-likeness (QED) is 0.855. The number of carbonyl (C=O) groups excluding carboxylic acids is 2. The monoisotopic (exact) mass is 284 g/mol. The molecule has 0 aromatic rings. The molecular formula is C15H28N2O3. The number of hydrogen-bond donors (Lipinski definition) is 1. The van der Waals surface area contributed by atoms with Crippen LogP contribution in [0.1, 0.15) is 54.4 Å². The van der Waals surface area contributed by atoms with Gasteiger partial charge in [0, 0.05) is 19.0 Å². The second-order valence-electron chi connectivity index (χ2n) is 6.75. The third-order valence-corrected chi connectivity index (χ3v) is 3.74. The molecule has 2 atom stereocenters. The van der Waals surface area contributed by atoms with Crippen LogP contribution >= 0.6 is 0 Å². The zero-order valence-electron chi connectivity index (χ0n) is 13.6. The third-order valence-electron chi connectivity index (χ3n) is 3.74. The number of amides is 2. The molecule has 1 aliphatic heterocycles. The van der Waals surface area contributed by atoms with Crippen LogP contribution in [-0.4, -0.2) is 47.0 Å². The Balaban J connectivity index is 2.80. The second kappa shape index (κ2) is 6.12. The topological polar surface area (TPSA) is 58.6 Å². The summed E-state index contributed by atoms with van der Waals surface area (Å²) in [6.07, 6.45) is 0.928. The van der Waals surface area contributed by atoms with Gasteiger partial charge in [-0.2, -0.15) is 0 Å². The van der Waals surface area contributed by atoms with E-state index in [0.29, 0.717) is 26.0 Å². The molecule has 0 spiro atoms. The van der Waals surface area contributed by atoms with Crippen molar-refractivity contribution in [2.45, 2.75) is 71.6 Å². The minimum Gasteiger partial charge on any atom is -0.374 e. The van der Waals surface area contributed by atoms with E-state index in [1.165, 1.54) is 0 Å². The minimum absolute atomic E-state index is 0.0177. The van der Waals surface area contributed by atoms with Crippen LogP contribution in [0.15, 0.2) is 0 Å². The van der Waals surface area contributed by atoms with Crippen LogP contribution < -0.4 is 5.32 Å². The van der Waals surface area contributed by atoms with E-state index >= 15 is 0 Å². The lowest BCUT2D eigenvalue weighted by atomic mass is 9.97. The standard InChI is InChI=1S/C15H28N2O3/c1-7-15(6)13(19)17(8-9-20-14(3,4)5)11(2)10-12(18)16-15/h11H,7-10H2,1-6H3,(H,16,18). The van der Waals surface area contributed by atoms with Crippen LogP contribution in [0.3, 0.4) is 0 Å². The van der Waals surface area contributed by atoms with Crippen LogP contribution in [0.25, 0.3) is 0 Å². The number of ether oxygens (including phenoxy) is 1. The van der Waals surface area contributed by atoms with Gasteiger partial charge in [-0.15, -0.1) is 0 Å². The molecule has 5 nitrogen and oxygen atoms in total. The molecule has 2 unspecified atom stereocenters. The first kappa shape index (κ1) is 17.0. The van der Waals surface area contributed by atoms with E-state index in [-0.39, 0.29) is 23.5 Å². The molecule has 5 heteroatoms. The van der Waals surface area contributed by atoms with Gasteiger partial charge in [0.2, 0.25) is 11.8 Å². The van der Waals surface area contributed by atoms with Gasteiger partial charge in [-0.05, 0) is 41.0 Å². The first-order valence-corrected chi connectivity index (χ1v) is 7.35. The summed E-state index contributed by atoms with van der Waals surface area (Å²) in [7, 11) is 0. The maximum absolute atomic E-state index is 12.7. The van der Waals surface area contributed by atoms with Crippen molar-refractivity contribution in [3.8, 4) is 0 Å². The van der Waals surface area contributed by atoms with Crippen LogP contribution in [0.2, 0.25) is 0 Å². The Labute approximate surface area is 122 Å². The highest BCUT2D eigenvalue weighted by atomic mass is 16.5. The molecule has 0 radical (unpaired) electrons. The van der Waals surface area contributed by atoms with E-state index in [0.717, 1.165) is 0 Å². The Morgan fingerprint density at radius 1 is 1.40 bits per heavy atom. The molecule has 116 valence electrons. The fourth-order valence-corrected chi connectivity index (χ4v) is 2.32. The fraction of sp³-hybridized carbons (Fsp3) is 0.867. The normalized spacial score (nSPS) is 28.3. The summed E-state index contributed by atoms with van der Waals surface area (Å²) in [5.41, 5.74) is -1.02. The van der Waals surface area contributed by atoms with Gasteiger partial charge in [-0.25, -0.2) is 0 Å². The molecule has 0 aromatic heterocycles. The number of nitrogens with zero attached hydrogens (tertiary/aromatic N) is 1. The van der Waals surface area contributed by atoms with E-state index in [9.17, 15) is 9.59 Å². The maximum Gasteiger partial charge on any atom is 0.248 e. The Kier molecular flexibility index (Phi) is 5.19. The Hall–Kier alpha value is -1.10. The van der Waals surface area contributed by atoms with Crippen molar-refractivity contribution in [1.29, 1.82) is 0 Å². The molecular weight excluding hydrogens is 256 g/mol. The van der Waals surface area contributed by atoms with Crippen LogP contribution in [-0.2, 0) is 14.3 Å². The molecule has 1 rings (SSSR count). The molecule has 1 heterocycles. The van der Waals surface area contributed by atoms with Crippen molar-refractivity contribution < 1.29 is 14.3 Å². The van der Waals surface area contributed by atoms with Gasteiger partial charge in [0.15, 0.2) is 0 Å². The van der Waals surface area contributed by atoms with Gasteiger partial charge in [0.05, 0.1) is 12.2 Å². The summed E-state index contributed by atoms with van der Waals surface area (Å²) in [6, 6.07) is -0.0977. The minimum atomic E-state index is -0.802. The Bertz CT molecular complexity index is 376. The van der Waals surface area contributed by atoms with Crippen molar-refractivity contribution in [1.82, 2.24) is 10.2 Å². The Morgan fingerprint density at radius 2 is 2.00 bits per heavy atom. The molecule has 1 N–H and O–H groups in total. The smallest absolute Gasteiger partial charge is 0.248 e. The molecule has 1 aliphatic rings. The molecule has 2 amide bonds. The average molecular weight is 284 g/mol. The van der Waals surface area contributed by atoms with E-state index in [1.54, 1.807) is 11.8 Å². The highest BCUT2D eigenvalue weighted by Gasteiger charge is 2.41. The first-order valence-electron chi connectivity index (χ1n) is 7.35. The summed E-state index contributed by atoms with van der Waals surface area (Å²) >= 11 is 0. The summed E-state index contributed by atoms with van der Waals surface area (Å²) in [4.78, 5) is 26.3. The lowest BCUT2D eigenvalue weighted by Gasteiger charge is -2.34. The maximum atomic E-state index is 12.7. The van der Waals surface area contributed by atoms with Gasteiger partial charge in [-0.3, -0.25) is 9.59 Å². The zero-order valence-corrected chi connectivity index (χ0v) is 13.6. The van der Waals surface area contributed by atoms with Gasteiger partial charge in [-0.1, -0.05) is 6.92 Å². The molecule has 20 heavy (non-hydrogen) atoms. The summed E-state index contributed by atoms with van der Waals surface area (Å²) in [5.74, 6) is -0.0784. The highest BCUT2D eigenvalue weighted by Crippen LogP contribution is 2.21. The predicted octanol–water partition coefficient (Wildman–Crippen LogP) is 1.71. The first-order chi connectivity index (χ1) is 9.09. The molecule has 0 aliphatic carbocycles. The molecule has 1 saturated heterocycles. The van der Waals surface area contributed by atoms with E-state index in [4.69, 9.17) is 4.74 Å². The van der Waals surface area contributed by atoms with Crippen molar-refractivity contribution in [3.05, 3.63) is 0 Å². The fourth-order valence-electron chi connectivity index (χ4n) is 2.32. The van der Waals surface area contributed by atoms with E-state index in [2.05, 4.69) is 5.32 Å². The van der Waals surface area contributed by atoms with Gasteiger partial charge >= 0.3 is 0 Å². The number of carbonyl (C=O) groups is 2. The molecule has 0 saturated carbocycles. The molecule has 1 fully saturated rings. The number of rotatable bonds is 4. The van der Waals surface area contributed by atoms with Crippen LogP contribution in [0, 0.1) is 0 Å². The van der Waals surface area contributed by atoms with Crippen LogP contribution in [0.5, 0.6) is 0 Å². The second-order valence-corrected chi connectivity index (χ2v) is 6.75. The van der Waals surface area contributed by atoms with Gasteiger partial charge < -0.3 is 15.0 Å². The lowest BCUT2D eigenvalue weighted by molar-refractivity contribution is -0.141. The van der Waals surface area contributed by atoms with Crippen molar-refractivity contribution >= 4 is 11.8 Å². The van der Waals surface area contributed by atoms with Gasteiger partial charge in [0.1, 0.15) is 5.54 Å². The zero-order chi connectivity index (χ0) is 15.6. The summed E-state index contributed by atoms with van der Waals surface area (Å²) in [5, 5.41) is 2.85. The van der Waals surface area contributed by atoms with Crippen molar-refractivity contribution in [2.24, 2.45) is 0 Å². The summed E-state index contributed by atoms with van der Waals surface area (Å²) in [6.45, 7) is 12.6. The van der Waals surface area contributed by atoms with E-state index < -0.39 is 5.54 Å². The van der Waals surface area contributed by atoms with Gasteiger partial charge in [0.25, 0.3) is 0 Å². The largest absolute Gasteiger partial charge is 0.374 e. The highest BCUT2D eigenvalue weighted by molar-refractivity contribution is 5.93. The number of hydrogen-bond acceptors (Lipinski definition) is 3. The number of nitrogens with one attached hydrogen (secondary N) is 1. The molecule has 0 bridgehead atoms. The van der Waals surface area contributed by atoms with Crippen molar-refractivity contribution in [2.75, 3.05) is 13.2 Å². The molecule has 0 aromatic carbocycles. The SMILES string of the molecule is CCC1(C)NC(=O)CC(C)N(CCOC(C)(C)C)C1=O. The lowest BCUT2D eigenvalue weighted by Crippen LogP contribution is -2.56. The third kappa shape index (κ3) is 4.20. The van der Waals surface area contributed by atoms with E-state index in [1.807, 2.05) is 34.6 Å². The average Bonchev–Trinajstić information content (AvgIpc) is 2.38. The van der Waals surface area contributed by atoms with Crippen LogP contribution in [0.4, 0.5) is 0 Å².